The van der Waals surface area contributed by atoms with E-state index in [-0.39, 0.29) is 17.4 Å². The van der Waals surface area contributed by atoms with Gasteiger partial charge in [0.05, 0.1) is 27.5 Å². The number of amides is 1. The molecule has 0 bridgehead atoms. The molecule has 1 aromatic heterocycles. The molecule has 2 aliphatic heterocycles. The van der Waals surface area contributed by atoms with Crippen LogP contribution in [0.1, 0.15) is 12.2 Å². The molecule has 2 fully saturated rings. The van der Waals surface area contributed by atoms with Gasteiger partial charge in [-0.1, -0.05) is 47.2 Å². The third kappa shape index (κ3) is 3.89. The topological polar surface area (TPSA) is 67.6 Å². The monoisotopic (exact) mass is 473 g/mol. The summed E-state index contributed by atoms with van der Waals surface area (Å²) in [7, 11) is -3.12. The fourth-order valence-electron chi connectivity index (χ4n) is 3.16. The number of rotatable bonds is 3. The molecule has 146 valence electrons. The molecule has 5 nitrogen and oxygen atoms in total. The van der Waals surface area contributed by atoms with Crippen LogP contribution in [0.15, 0.2) is 39.7 Å². The number of thioether (sulfide) groups is 1. The Balaban J connectivity index is 1.59. The van der Waals surface area contributed by atoms with E-state index in [1.165, 1.54) is 4.90 Å². The highest BCUT2D eigenvalue weighted by molar-refractivity contribution is 8.26. The number of furan rings is 1. The maximum atomic E-state index is 12.8. The lowest BCUT2D eigenvalue weighted by Crippen LogP contribution is -2.39. The van der Waals surface area contributed by atoms with E-state index >= 15 is 0 Å². The minimum Gasteiger partial charge on any atom is -0.457 e. The number of thiocarbonyl (C=S) groups is 1. The molecule has 2 aliphatic rings. The van der Waals surface area contributed by atoms with Crippen LogP contribution in [0.5, 0.6) is 0 Å². The summed E-state index contributed by atoms with van der Waals surface area (Å²) in [4.78, 5) is 14.6. The van der Waals surface area contributed by atoms with Crippen LogP contribution < -0.4 is 0 Å². The van der Waals surface area contributed by atoms with Crippen LogP contribution in [0.4, 0.5) is 0 Å². The van der Waals surface area contributed by atoms with Gasteiger partial charge in [0.15, 0.2) is 9.84 Å². The van der Waals surface area contributed by atoms with Gasteiger partial charge in [0, 0.05) is 16.7 Å². The summed E-state index contributed by atoms with van der Waals surface area (Å²) < 4.78 is 29.6. The number of carbonyl (C=O) groups is 1. The van der Waals surface area contributed by atoms with Crippen molar-refractivity contribution in [2.45, 2.75) is 12.5 Å². The summed E-state index contributed by atoms with van der Waals surface area (Å²) in [6, 6.07) is 8.13. The van der Waals surface area contributed by atoms with E-state index in [1.807, 2.05) is 0 Å². The zero-order chi connectivity index (χ0) is 20.1. The second-order valence-corrected chi connectivity index (χ2v) is 11.2. The molecule has 0 aliphatic carbocycles. The third-order valence-electron chi connectivity index (χ3n) is 4.49. The Morgan fingerprint density at radius 3 is 2.75 bits per heavy atom. The lowest BCUT2D eigenvalue weighted by Gasteiger charge is -2.20. The van der Waals surface area contributed by atoms with Crippen molar-refractivity contribution in [1.29, 1.82) is 0 Å². The molecule has 0 radical (unpaired) electrons. The van der Waals surface area contributed by atoms with Gasteiger partial charge in [-0.05, 0) is 36.8 Å². The predicted octanol–water partition coefficient (Wildman–Crippen LogP) is 4.64. The smallest absolute Gasteiger partial charge is 0.266 e. The number of carbonyl (C=O) groups excluding carboxylic acids is 1. The molecule has 1 aromatic carbocycles. The first-order valence-corrected chi connectivity index (χ1v) is 12.1. The largest absolute Gasteiger partial charge is 0.457 e. The lowest BCUT2D eigenvalue weighted by molar-refractivity contribution is -0.123. The Kier molecular flexibility index (Phi) is 5.35. The van der Waals surface area contributed by atoms with Crippen LogP contribution in [0.25, 0.3) is 17.4 Å². The van der Waals surface area contributed by atoms with Crippen molar-refractivity contribution in [1.82, 2.24) is 4.90 Å². The van der Waals surface area contributed by atoms with E-state index in [0.717, 1.165) is 11.8 Å². The molecular formula is C18H13Cl2NO4S3. The Morgan fingerprint density at radius 1 is 1.25 bits per heavy atom. The van der Waals surface area contributed by atoms with Gasteiger partial charge in [-0.15, -0.1) is 0 Å². The molecule has 3 heterocycles. The molecule has 0 saturated carbocycles. The maximum absolute atomic E-state index is 12.8. The summed E-state index contributed by atoms with van der Waals surface area (Å²) in [5, 5.41) is 1.03. The van der Waals surface area contributed by atoms with E-state index in [1.54, 1.807) is 36.4 Å². The van der Waals surface area contributed by atoms with Gasteiger partial charge >= 0.3 is 0 Å². The molecule has 1 atom stereocenters. The van der Waals surface area contributed by atoms with Crippen LogP contribution in [0.3, 0.4) is 0 Å². The summed E-state index contributed by atoms with van der Waals surface area (Å²) in [6.45, 7) is 0. The van der Waals surface area contributed by atoms with Crippen LogP contribution in [-0.2, 0) is 14.6 Å². The first kappa shape index (κ1) is 20.0. The van der Waals surface area contributed by atoms with Crippen LogP contribution >= 0.6 is 47.2 Å². The van der Waals surface area contributed by atoms with Crippen molar-refractivity contribution < 1.29 is 17.6 Å². The van der Waals surface area contributed by atoms with Gasteiger partial charge < -0.3 is 4.42 Å². The molecule has 28 heavy (non-hydrogen) atoms. The second-order valence-electron chi connectivity index (χ2n) is 6.43. The summed E-state index contributed by atoms with van der Waals surface area (Å²) in [5.41, 5.74) is 0.650. The maximum Gasteiger partial charge on any atom is 0.266 e. The van der Waals surface area contributed by atoms with E-state index < -0.39 is 15.9 Å². The Labute approximate surface area is 181 Å². The van der Waals surface area contributed by atoms with Crippen molar-refractivity contribution in [2.75, 3.05) is 11.5 Å². The van der Waals surface area contributed by atoms with E-state index in [0.29, 0.717) is 42.8 Å². The van der Waals surface area contributed by atoms with Crippen molar-refractivity contribution >= 4 is 73.3 Å². The normalized spacial score (nSPS) is 23.1. The number of nitrogens with zero attached hydrogens (tertiary/aromatic N) is 1. The SMILES string of the molecule is O=C1/C(=C/c2ccc(-c3cc(Cl)ccc3Cl)o2)SC(=S)N1[C@@H]1CCS(=O)(=O)C1. The quantitative estimate of drug-likeness (QED) is 0.477. The van der Waals surface area contributed by atoms with Crippen LogP contribution in [-0.4, -0.2) is 41.1 Å². The average molecular weight is 474 g/mol. The summed E-state index contributed by atoms with van der Waals surface area (Å²) in [6.07, 6.45) is 2.00. The van der Waals surface area contributed by atoms with Gasteiger partial charge in [-0.2, -0.15) is 0 Å². The highest BCUT2D eigenvalue weighted by Crippen LogP contribution is 2.37. The number of sulfone groups is 1. The first-order chi connectivity index (χ1) is 13.2. The van der Waals surface area contributed by atoms with E-state index in [9.17, 15) is 13.2 Å². The Bertz CT molecular complexity index is 1120. The van der Waals surface area contributed by atoms with Crippen LogP contribution in [0.2, 0.25) is 10.0 Å². The summed E-state index contributed by atoms with van der Waals surface area (Å²) >= 11 is 18.7. The molecule has 0 spiro atoms. The van der Waals surface area contributed by atoms with Gasteiger partial charge in [-0.3, -0.25) is 9.69 Å². The molecular weight excluding hydrogens is 461 g/mol. The molecule has 2 saturated heterocycles. The Hall–Kier alpha value is -1.32. The standard InChI is InChI=1S/C18H13Cl2NO4S3/c19-10-1-3-14(20)13(7-10)15-4-2-12(25-15)8-16-17(22)21(18(26)27-16)11-5-6-28(23,24)9-11/h1-4,7-8,11H,5-6,9H2/b16-8-/t11-/m1/s1. The molecule has 4 rings (SSSR count). The van der Waals surface area contributed by atoms with Crippen molar-refractivity contribution in [3.8, 4) is 11.3 Å². The number of halogens is 2. The number of hydrogen-bond acceptors (Lipinski definition) is 6. The zero-order valence-electron chi connectivity index (χ0n) is 14.2. The van der Waals surface area contributed by atoms with Gasteiger partial charge in [-0.25, -0.2) is 8.42 Å². The fraction of sp³-hybridized carbons (Fsp3) is 0.222. The lowest BCUT2D eigenvalue weighted by atomic mass is 10.2. The zero-order valence-corrected chi connectivity index (χ0v) is 18.2. The minimum absolute atomic E-state index is 0.0507. The number of benzene rings is 1. The van der Waals surface area contributed by atoms with Gasteiger partial charge in [0.25, 0.3) is 5.91 Å². The average Bonchev–Trinajstić information content (AvgIpc) is 3.29. The minimum atomic E-state index is -3.12. The molecule has 2 aromatic rings. The third-order valence-corrected chi connectivity index (χ3v) is 8.14. The van der Waals surface area contributed by atoms with Gasteiger partial charge in [0.2, 0.25) is 0 Å². The van der Waals surface area contributed by atoms with Crippen molar-refractivity contribution in [3.63, 3.8) is 0 Å². The Morgan fingerprint density at radius 2 is 2.04 bits per heavy atom. The van der Waals surface area contributed by atoms with Crippen molar-refractivity contribution in [3.05, 3.63) is 51.0 Å². The molecule has 0 unspecified atom stereocenters. The first-order valence-electron chi connectivity index (χ1n) is 8.26. The van der Waals surface area contributed by atoms with Gasteiger partial charge in [0.1, 0.15) is 15.8 Å². The second kappa shape index (κ2) is 7.50. The molecule has 10 heteroatoms. The number of hydrogen-bond donors (Lipinski definition) is 0. The highest BCUT2D eigenvalue weighted by atomic mass is 35.5. The summed E-state index contributed by atoms with van der Waals surface area (Å²) in [5.74, 6) is 0.721. The van der Waals surface area contributed by atoms with E-state index in [2.05, 4.69) is 0 Å². The molecule has 0 N–H and O–H groups in total. The highest BCUT2D eigenvalue weighted by Gasteiger charge is 2.42. The fourth-order valence-corrected chi connectivity index (χ4v) is 6.63. The predicted molar refractivity (Wildman–Crippen MR) is 116 cm³/mol. The van der Waals surface area contributed by atoms with E-state index in [4.69, 9.17) is 39.8 Å². The van der Waals surface area contributed by atoms with Crippen LogP contribution in [0, 0.1) is 0 Å². The van der Waals surface area contributed by atoms with Crippen molar-refractivity contribution in [2.24, 2.45) is 0 Å². The molecule has 1 amide bonds.